The second-order valence-corrected chi connectivity index (χ2v) is 5.33. The summed E-state index contributed by atoms with van der Waals surface area (Å²) < 4.78 is 0. The molecule has 98 valence electrons. The van der Waals surface area contributed by atoms with Crippen LogP contribution in [-0.2, 0) is 11.2 Å². The Balaban J connectivity index is 3.49. The fourth-order valence-electron chi connectivity index (χ4n) is 2.27. The van der Waals surface area contributed by atoms with Crippen LogP contribution in [0.3, 0.4) is 0 Å². The van der Waals surface area contributed by atoms with Crippen molar-refractivity contribution in [3.63, 3.8) is 0 Å². The Morgan fingerprint density at radius 2 is 1.67 bits per heavy atom. The smallest absolute Gasteiger partial charge is 0.221 e. The minimum atomic E-state index is -0.273. The van der Waals surface area contributed by atoms with Crippen LogP contribution in [0, 0.1) is 0 Å². The minimum Gasteiger partial charge on any atom is -0.369 e. The zero-order valence-corrected chi connectivity index (χ0v) is 11.8. The monoisotopic (exact) mass is 245 g/mol. The summed E-state index contributed by atoms with van der Waals surface area (Å²) in [5.74, 6) is 0.471. The van der Waals surface area contributed by atoms with Crippen molar-refractivity contribution in [2.24, 2.45) is 5.73 Å². The third-order valence-corrected chi connectivity index (χ3v) is 3.17. The molecule has 1 aromatic rings. The largest absolute Gasteiger partial charge is 0.369 e. The van der Waals surface area contributed by atoms with Crippen molar-refractivity contribution in [1.29, 1.82) is 0 Å². The highest BCUT2D eigenvalue weighted by Gasteiger charge is 2.16. The number of carbonyl (C=O) groups excluding carboxylic acids is 1. The van der Waals surface area contributed by atoms with E-state index in [-0.39, 0.29) is 5.91 Å². The maximum atomic E-state index is 11.3. The van der Waals surface area contributed by atoms with Crippen LogP contribution in [0.4, 0.5) is 0 Å². The summed E-state index contributed by atoms with van der Waals surface area (Å²) in [7, 11) is 0. The summed E-state index contributed by atoms with van der Waals surface area (Å²) >= 11 is 0. The molecule has 0 aliphatic carbocycles. The summed E-state index contributed by atoms with van der Waals surface area (Å²) in [5, 5.41) is 0. The summed E-state index contributed by atoms with van der Waals surface area (Å²) in [4.78, 5) is 11.3. The third kappa shape index (κ3) is 3.22. The van der Waals surface area contributed by atoms with Crippen molar-refractivity contribution in [3.05, 3.63) is 41.0 Å². The molecule has 0 fully saturated rings. The maximum absolute atomic E-state index is 11.3. The Hall–Kier alpha value is -1.57. The molecule has 1 rings (SSSR count). The van der Waals surface area contributed by atoms with Gasteiger partial charge >= 0.3 is 0 Å². The molecule has 0 heterocycles. The van der Waals surface area contributed by atoms with Crippen molar-refractivity contribution in [2.75, 3.05) is 0 Å². The fourth-order valence-corrected chi connectivity index (χ4v) is 2.27. The van der Waals surface area contributed by atoms with E-state index in [1.807, 2.05) is 6.08 Å². The van der Waals surface area contributed by atoms with E-state index in [4.69, 9.17) is 5.73 Å². The predicted octanol–water partition coefficient (Wildman–Crippen LogP) is 3.60. The first-order valence-electron chi connectivity index (χ1n) is 6.44. The fraction of sp³-hybridized carbons (Fsp3) is 0.438. The lowest BCUT2D eigenvalue weighted by Crippen LogP contribution is -2.17. The van der Waals surface area contributed by atoms with Crippen LogP contribution in [0.25, 0.3) is 6.08 Å². The van der Waals surface area contributed by atoms with Gasteiger partial charge in [-0.1, -0.05) is 52.5 Å². The highest BCUT2D eigenvalue weighted by atomic mass is 16.1. The zero-order chi connectivity index (χ0) is 13.9. The van der Waals surface area contributed by atoms with Gasteiger partial charge in [0, 0.05) is 0 Å². The molecule has 0 radical (unpaired) electrons. The molecule has 1 aromatic carbocycles. The van der Waals surface area contributed by atoms with Crippen LogP contribution < -0.4 is 5.73 Å². The number of benzene rings is 1. The van der Waals surface area contributed by atoms with Crippen LogP contribution in [-0.4, -0.2) is 5.91 Å². The average molecular weight is 245 g/mol. The SMILES string of the molecule is C=Cc1cc(C(C)C)c(CC(N)=O)c(C(C)C)c1. The zero-order valence-electron chi connectivity index (χ0n) is 11.8. The molecule has 1 amide bonds. The molecule has 0 spiro atoms. The molecule has 0 aromatic heterocycles. The van der Waals surface area contributed by atoms with Gasteiger partial charge < -0.3 is 5.73 Å². The minimum absolute atomic E-state index is 0.273. The third-order valence-electron chi connectivity index (χ3n) is 3.17. The summed E-state index contributed by atoms with van der Waals surface area (Å²) in [6.45, 7) is 12.4. The van der Waals surface area contributed by atoms with Gasteiger partial charge in [0.25, 0.3) is 0 Å². The Bertz CT molecular complexity index is 429. The lowest BCUT2D eigenvalue weighted by molar-refractivity contribution is -0.117. The number of hydrogen-bond acceptors (Lipinski definition) is 1. The average Bonchev–Trinajstić information content (AvgIpc) is 2.27. The van der Waals surface area contributed by atoms with Crippen molar-refractivity contribution < 1.29 is 4.79 Å². The van der Waals surface area contributed by atoms with E-state index < -0.39 is 0 Å². The molecule has 0 aliphatic rings. The summed E-state index contributed by atoms with van der Waals surface area (Å²) in [6.07, 6.45) is 2.17. The molecule has 0 aliphatic heterocycles. The first-order chi connectivity index (χ1) is 8.36. The molecule has 0 atom stereocenters. The number of nitrogens with two attached hydrogens (primary N) is 1. The van der Waals surface area contributed by atoms with E-state index in [0.717, 1.165) is 11.1 Å². The Kier molecular flexibility index (Phi) is 4.71. The van der Waals surface area contributed by atoms with Gasteiger partial charge in [0.05, 0.1) is 6.42 Å². The van der Waals surface area contributed by atoms with Gasteiger partial charge in [0.15, 0.2) is 0 Å². The number of primary amides is 1. The Morgan fingerprint density at radius 1 is 1.22 bits per heavy atom. The number of hydrogen-bond donors (Lipinski definition) is 1. The first kappa shape index (κ1) is 14.5. The molecule has 0 saturated heterocycles. The van der Waals surface area contributed by atoms with Crippen LogP contribution in [0.5, 0.6) is 0 Å². The molecule has 2 heteroatoms. The van der Waals surface area contributed by atoms with Crippen LogP contribution in [0.1, 0.15) is 61.8 Å². The van der Waals surface area contributed by atoms with Gasteiger partial charge in [0.1, 0.15) is 0 Å². The number of carbonyl (C=O) groups is 1. The lowest BCUT2D eigenvalue weighted by Gasteiger charge is -2.20. The van der Waals surface area contributed by atoms with Gasteiger partial charge in [-0.05, 0) is 34.1 Å². The number of amides is 1. The second kappa shape index (κ2) is 5.85. The van der Waals surface area contributed by atoms with E-state index in [1.54, 1.807) is 0 Å². The van der Waals surface area contributed by atoms with E-state index in [0.29, 0.717) is 18.3 Å². The molecular formula is C16H23NO. The van der Waals surface area contributed by atoms with Crippen molar-refractivity contribution in [2.45, 2.75) is 46.0 Å². The Morgan fingerprint density at radius 3 is 1.94 bits per heavy atom. The summed E-state index contributed by atoms with van der Waals surface area (Å²) in [6, 6.07) is 4.23. The molecule has 18 heavy (non-hydrogen) atoms. The van der Waals surface area contributed by atoms with Crippen LogP contribution >= 0.6 is 0 Å². The normalized spacial score (nSPS) is 11.0. The molecule has 2 nitrogen and oxygen atoms in total. The van der Waals surface area contributed by atoms with Gasteiger partial charge in [-0.25, -0.2) is 0 Å². The molecule has 2 N–H and O–H groups in total. The Labute approximate surface area is 110 Å². The second-order valence-electron chi connectivity index (χ2n) is 5.33. The van der Waals surface area contributed by atoms with Crippen molar-refractivity contribution in [1.82, 2.24) is 0 Å². The van der Waals surface area contributed by atoms with Crippen molar-refractivity contribution >= 4 is 12.0 Å². The van der Waals surface area contributed by atoms with Gasteiger partial charge in [-0.3, -0.25) is 4.79 Å². The van der Waals surface area contributed by atoms with E-state index in [9.17, 15) is 4.79 Å². The molecule has 0 bridgehead atoms. The van der Waals surface area contributed by atoms with E-state index in [1.165, 1.54) is 11.1 Å². The summed E-state index contributed by atoms with van der Waals surface area (Å²) in [5.41, 5.74) is 9.98. The standard InChI is InChI=1S/C16H23NO/c1-6-12-7-13(10(2)3)15(9-16(17)18)14(8-12)11(4)5/h6-8,10-11H,1,9H2,2-5H3,(H2,17,18). The number of rotatable bonds is 5. The van der Waals surface area contributed by atoms with Crippen molar-refractivity contribution in [3.8, 4) is 0 Å². The van der Waals surface area contributed by atoms with Crippen LogP contribution in [0.15, 0.2) is 18.7 Å². The first-order valence-corrected chi connectivity index (χ1v) is 6.44. The molecular weight excluding hydrogens is 222 g/mol. The lowest BCUT2D eigenvalue weighted by atomic mass is 9.85. The van der Waals surface area contributed by atoms with Gasteiger partial charge in [-0.15, -0.1) is 0 Å². The molecule has 0 unspecified atom stereocenters. The van der Waals surface area contributed by atoms with Gasteiger partial charge in [0.2, 0.25) is 5.91 Å². The highest BCUT2D eigenvalue weighted by molar-refractivity contribution is 5.78. The predicted molar refractivity (Wildman–Crippen MR) is 77.6 cm³/mol. The van der Waals surface area contributed by atoms with Gasteiger partial charge in [-0.2, -0.15) is 0 Å². The van der Waals surface area contributed by atoms with E-state index in [2.05, 4.69) is 46.4 Å². The van der Waals surface area contributed by atoms with E-state index >= 15 is 0 Å². The molecule has 0 saturated carbocycles. The quantitative estimate of drug-likeness (QED) is 0.846. The van der Waals surface area contributed by atoms with Crippen LogP contribution in [0.2, 0.25) is 0 Å². The highest BCUT2D eigenvalue weighted by Crippen LogP contribution is 2.30. The topological polar surface area (TPSA) is 43.1 Å². The maximum Gasteiger partial charge on any atom is 0.221 e.